The van der Waals surface area contributed by atoms with E-state index >= 15 is 0 Å². The minimum absolute atomic E-state index is 0.193. The van der Waals surface area contributed by atoms with Crippen molar-refractivity contribution in [1.82, 2.24) is 9.88 Å². The maximum atomic E-state index is 12.9. The zero-order valence-corrected chi connectivity index (χ0v) is 18.7. The number of fused-ring (bicyclic) bond motifs is 2. The number of carbonyl (C=O) groups excluding carboxylic acids is 2. The van der Waals surface area contributed by atoms with Crippen LogP contribution < -0.4 is 4.57 Å². The third kappa shape index (κ3) is 3.49. The van der Waals surface area contributed by atoms with Gasteiger partial charge in [0.25, 0.3) is 5.91 Å². The Labute approximate surface area is 197 Å². The van der Waals surface area contributed by atoms with E-state index in [1.165, 1.54) is 32.2 Å². The molecule has 0 N–H and O–H groups in total. The van der Waals surface area contributed by atoms with Crippen LogP contribution in [0.4, 0.5) is 0 Å². The summed E-state index contributed by atoms with van der Waals surface area (Å²) in [5.41, 5.74) is 3.55. The lowest BCUT2D eigenvalue weighted by molar-refractivity contribution is -0.612. The number of nitrogens with zero attached hydrogens (tertiary/aromatic N) is 4. The van der Waals surface area contributed by atoms with Gasteiger partial charge >= 0.3 is 11.1 Å². The highest BCUT2D eigenvalue weighted by Crippen LogP contribution is 2.31. The maximum absolute atomic E-state index is 12.9. The molecule has 0 radical (unpaired) electrons. The summed E-state index contributed by atoms with van der Waals surface area (Å²) in [6.07, 6.45) is 6.93. The lowest BCUT2D eigenvalue weighted by atomic mass is 10.1. The summed E-state index contributed by atoms with van der Waals surface area (Å²) in [5, 5.41) is 1.16. The molecule has 0 saturated carbocycles. The fraction of sp³-hybridized carbons (Fsp3) is 0. The monoisotopic (exact) mass is 467 g/mol. The van der Waals surface area contributed by atoms with Gasteiger partial charge in [-0.15, -0.1) is 0 Å². The summed E-state index contributed by atoms with van der Waals surface area (Å²) in [7, 11) is 1.27. The molecule has 33 heavy (non-hydrogen) atoms. The molecule has 0 saturated heterocycles. The average Bonchev–Trinajstić information content (AvgIpc) is 3.35. The van der Waals surface area contributed by atoms with E-state index in [2.05, 4.69) is 9.98 Å². The first-order chi connectivity index (χ1) is 16.2. The van der Waals surface area contributed by atoms with Crippen molar-refractivity contribution >= 4 is 50.2 Å². The number of carbonyl (C=O) groups is 2. The molecule has 4 heterocycles. The first-order valence-corrected chi connectivity index (χ1v) is 11.8. The van der Waals surface area contributed by atoms with Crippen LogP contribution in [0.15, 0.2) is 106 Å². The molecular formula is C25H15N4O2S2+. The number of amides is 1. The van der Waals surface area contributed by atoms with Crippen molar-refractivity contribution < 1.29 is 14.2 Å². The Morgan fingerprint density at radius 1 is 0.909 bits per heavy atom. The SMILES string of the molecule is O=C1C(/C=C2/Sc3nc(-c4ccccc4)cc[n+]3C2=O)=S=C2N=C(c3ccccc3)C=CN12. The molecule has 8 heteroatoms. The molecule has 0 atom stereocenters. The van der Waals surface area contributed by atoms with E-state index < -0.39 is 0 Å². The molecule has 3 aliphatic rings. The smallest absolute Gasteiger partial charge is 0.267 e. The minimum atomic E-state index is -0.193. The van der Waals surface area contributed by atoms with Gasteiger partial charge in [0.1, 0.15) is 11.1 Å². The Balaban J connectivity index is 1.33. The number of hydrogen-bond acceptors (Lipinski definition) is 5. The number of rotatable bonds is 3. The fourth-order valence-electron chi connectivity index (χ4n) is 3.62. The first kappa shape index (κ1) is 19.8. The van der Waals surface area contributed by atoms with Gasteiger partial charge in [-0.1, -0.05) is 71.6 Å². The molecule has 0 bridgehead atoms. The topological polar surface area (TPSA) is 66.5 Å². The maximum Gasteiger partial charge on any atom is 0.372 e. The molecule has 1 aromatic heterocycles. The van der Waals surface area contributed by atoms with Crippen molar-refractivity contribution in [2.24, 2.45) is 4.99 Å². The van der Waals surface area contributed by atoms with Gasteiger partial charge in [0.05, 0.1) is 10.6 Å². The molecule has 6 rings (SSSR count). The highest BCUT2D eigenvalue weighted by Gasteiger charge is 2.37. The predicted octanol–water partition coefficient (Wildman–Crippen LogP) is 3.52. The van der Waals surface area contributed by atoms with Crippen molar-refractivity contribution in [1.29, 1.82) is 0 Å². The molecule has 2 aromatic carbocycles. The van der Waals surface area contributed by atoms with Crippen LogP contribution in [0.2, 0.25) is 0 Å². The van der Waals surface area contributed by atoms with E-state index in [9.17, 15) is 9.59 Å². The summed E-state index contributed by atoms with van der Waals surface area (Å²) in [5.74, 6) is -0.385. The molecule has 1 amide bonds. The first-order valence-electron chi connectivity index (χ1n) is 10.2. The Kier molecular flexibility index (Phi) is 4.74. The highest BCUT2D eigenvalue weighted by molar-refractivity contribution is 8.04. The van der Waals surface area contributed by atoms with E-state index in [4.69, 9.17) is 0 Å². The predicted molar refractivity (Wildman–Crippen MR) is 131 cm³/mol. The second kappa shape index (κ2) is 7.91. The van der Waals surface area contributed by atoms with Gasteiger partial charge in [-0.25, -0.2) is 9.79 Å². The second-order valence-corrected chi connectivity index (χ2v) is 9.37. The quantitative estimate of drug-likeness (QED) is 0.256. The zero-order chi connectivity index (χ0) is 22.4. The normalized spacial score (nSPS) is 17.9. The standard InChI is InChI=1S/C25H15N4O2S2/c30-22-20(32-24-26-18(11-13-28(22)24)16-7-3-1-4-8-16)15-21-23(31)29-14-12-19(27-25(29)33-21)17-9-5-2-6-10-17/h1-15H/q+1/b20-15+. The Morgan fingerprint density at radius 2 is 1.64 bits per heavy atom. The molecule has 0 unspecified atom stereocenters. The van der Waals surface area contributed by atoms with Crippen molar-refractivity contribution in [3.63, 3.8) is 0 Å². The summed E-state index contributed by atoms with van der Waals surface area (Å²) in [6.45, 7) is 0. The number of aromatic nitrogens is 2. The summed E-state index contributed by atoms with van der Waals surface area (Å²) < 4.78 is 1.51. The van der Waals surface area contributed by atoms with Crippen LogP contribution in [0.5, 0.6) is 0 Å². The Hall–Kier alpha value is -3.88. The van der Waals surface area contributed by atoms with E-state index in [-0.39, 0.29) is 11.8 Å². The third-order valence-electron chi connectivity index (χ3n) is 5.27. The van der Waals surface area contributed by atoms with Crippen molar-refractivity contribution in [2.75, 3.05) is 0 Å². The summed E-state index contributed by atoms with van der Waals surface area (Å²) >= 11 is 1.27. The Morgan fingerprint density at radius 3 is 2.39 bits per heavy atom. The second-order valence-electron chi connectivity index (χ2n) is 7.35. The number of benzene rings is 2. The highest BCUT2D eigenvalue weighted by atomic mass is 32.2. The van der Waals surface area contributed by atoms with Gasteiger partial charge < -0.3 is 0 Å². The lowest BCUT2D eigenvalue weighted by Crippen LogP contribution is -2.41. The largest absolute Gasteiger partial charge is 0.372 e. The molecule has 158 valence electrons. The van der Waals surface area contributed by atoms with Gasteiger partial charge in [0.2, 0.25) is 0 Å². The molecule has 0 fully saturated rings. The fourth-order valence-corrected chi connectivity index (χ4v) is 5.59. The minimum Gasteiger partial charge on any atom is -0.267 e. The van der Waals surface area contributed by atoms with E-state index in [0.29, 0.717) is 20.0 Å². The van der Waals surface area contributed by atoms with Crippen LogP contribution in [0.1, 0.15) is 10.4 Å². The van der Waals surface area contributed by atoms with Crippen LogP contribution in [0.3, 0.4) is 0 Å². The number of thioether (sulfide) groups is 1. The van der Waals surface area contributed by atoms with Crippen molar-refractivity contribution in [2.45, 2.75) is 5.16 Å². The third-order valence-corrected chi connectivity index (χ3v) is 7.24. The number of allylic oxidation sites excluding steroid dienone is 2. The van der Waals surface area contributed by atoms with E-state index in [1.807, 2.05) is 72.8 Å². The molecule has 0 aliphatic carbocycles. The summed E-state index contributed by atoms with van der Waals surface area (Å²) in [4.78, 5) is 37.6. The van der Waals surface area contributed by atoms with Gasteiger partial charge in [0.15, 0.2) is 10.8 Å². The van der Waals surface area contributed by atoms with Crippen LogP contribution >= 0.6 is 22.7 Å². The molecule has 3 aromatic rings. The van der Waals surface area contributed by atoms with Gasteiger partial charge in [-0.2, -0.15) is 4.57 Å². The number of aliphatic imine (C=N–C) groups is 1. The average molecular weight is 468 g/mol. The van der Waals surface area contributed by atoms with Gasteiger partial charge in [-0.05, 0) is 17.1 Å². The Bertz CT molecular complexity index is 1500. The number of hydrogen-bond donors (Lipinski definition) is 0. The molecule has 0 spiro atoms. The van der Waals surface area contributed by atoms with Crippen molar-refractivity contribution in [3.05, 3.63) is 102 Å². The van der Waals surface area contributed by atoms with E-state index in [1.54, 1.807) is 18.5 Å². The summed E-state index contributed by atoms with van der Waals surface area (Å²) in [6, 6.07) is 21.4. The van der Waals surface area contributed by atoms with Crippen molar-refractivity contribution in [3.8, 4) is 11.3 Å². The van der Waals surface area contributed by atoms with Crippen LogP contribution in [-0.4, -0.2) is 37.4 Å². The zero-order valence-electron chi connectivity index (χ0n) is 17.1. The van der Waals surface area contributed by atoms with Crippen LogP contribution in [0.25, 0.3) is 11.3 Å². The molecule has 6 nitrogen and oxygen atoms in total. The van der Waals surface area contributed by atoms with Crippen LogP contribution in [-0.2, 0) is 4.79 Å². The molecule has 3 aliphatic heterocycles. The van der Waals surface area contributed by atoms with Crippen LogP contribution in [0, 0.1) is 0 Å². The van der Waals surface area contributed by atoms with Gasteiger partial charge in [0, 0.05) is 35.2 Å². The lowest BCUT2D eigenvalue weighted by Gasteiger charge is -2.17. The van der Waals surface area contributed by atoms with E-state index in [0.717, 1.165) is 22.5 Å². The van der Waals surface area contributed by atoms with Gasteiger partial charge in [-0.3, -0.25) is 9.69 Å². The molecular weight excluding hydrogens is 452 g/mol.